The molecule has 0 bridgehead atoms. The highest BCUT2D eigenvalue weighted by Gasteiger charge is 2.33. The number of carbonyl (C=O) groups excluding carboxylic acids is 1. The molecule has 0 radical (unpaired) electrons. The van der Waals surface area contributed by atoms with Gasteiger partial charge in [-0.15, -0.1) is 5.10 Å². The molecule has 0 spiro atoms. The van der Waals surface area contributed by atoms with Crippen LogP contribution in [-0.2, 0) is 30.5 Å². The number of carbonyl (C=O) groups is 1. The number of fused-ring (bicyclic) bond motifs is 3. The second kappa shape index (κ2) is 9.75. The Bertz CT molecular complexity index is 1590. The number of amides is 1. The van der Waals surface area contributed by atoms with E-state index in [-0.39, 0.29) is 29.7 Å². The first-order valence-electron chi connectivity index (χ1n) is 12.2. The third kappa shape index (κ3) is 5.74. The van der Waals surface area contributed by atoms with E-state index >= 15 is 0 Å². The molecule has 0 fully saturated rings. The van der Waals surface area contributed by atoms with Gasteiger partial charge in [0.25, 0.3) is 5.56 Å². The molecule has 3 aromatic heterocycles. The first-order valence-corrected chi connectivity index (χ1v) is 12.2. The van der Waals surface area contributed by atoms with E-state index in [1.807, 2.05) is 26.8 Å². The van der Waals surface area contributed by atoms with Crippen molar-refractivity contribution in [2.45, 2.75) is 52.1 Å². The van der Waals surface area contributed by atoms with Gasteiger partial charge in [0.1, 0.15) is 35.0 Å². The first kappa shape index (κ1) is 26.3. The van der Waals surface area contributed by atoms with Gasteiger partial charge >= 0.3 is 12.3 Å². The van der Waals surface area contributed by atoms with E-state index in [9.17, 15) is 22.8 Å². The third-order valence-electron chi connectivity index (χ3n) is 6.04. The summed E-state index contributed by atoms with van der Waals surface area (Å²) in [6, 6.07) is 10.2. The zero-order chi connectivity index (χ0) is 27.9. The van der Waals surface area contributed by atoms with Crippen molar-refractivity contribution >= 4 is 17.1 Å². The SMILES string of the molecule is CC(C)(C)OC(=O)N1CCc2oc3cc(-n4ccc(OCc5ccc(C(F)(F)F)nn5)cc4=O)ccc3c2C1. The van der Waals surface area contributed by atoms with Crippen LogP contribution in [0.5, 0.6) is 5.75 Å². The monoisotopic (exact) mass is 542 g/mol. The summed E-state index contributed by atoms with van der Waals surface area (Å²) in [6.07, 6.45) is -2.87. The zero-order valence-corrected chi connectivity index (χ0v) is 21.4. The van der Waals surface area contributed by atoms with Crippen LogP contribution in [0.1, 0.15) is 43.5 Å². The number of halogens is 3. The maximum atomic E-state index is 12.8. The van der Waals surface area contributed by atoms with Crippen molar-refractivity contribution in [3.63, 3.8) is 0 Å². The second-order valence-corrected chi connectivity index (χ2v) is 10.1. The summed E-state index contributed by atoms with van der Waals surface area (Å²) in [7, 11) is 0. The zero-order valence-electron chi connectivity index (χ0n) is 21.4. The Balaban J connectivity index is 1.30. The van der Waals surface area contributed by atoms with Crippen LogP contribution in [0.4, 0.5) is 18.0 Å². The fourth-order valence-corrected chi connectivity index (χ4v) is 4.21. The highest BCUT2D eigenvalue weighted by atomic mass is 19.4. The van der Waals surface area contributed by atoms with Crippen molar-refractivity contribution in [3.8, 4) is 11.4 Å². The molecule has 9 nitrogen and oxygen atoms in total. The predicted molar refractivity (Wildman–Crippen MR) is 134 cm³/mol. The molecule has 1 aromatic carbocycles. The summed E-state index contributed by atoms with van der Waals surface area (Å²) in [5.41, 5.74) is 0.205. The van der Waals surface area contributed by atoms with Crippen molar-refractivity contribution < 1.29 is 31.9 Å². The molecule has 4 heterocycles. The lowest BCUT2D eigenvalue weighted by molar-refractivity contribution is -0.141. The molecule has 204 valence electrons. The molecule has 0 saturated heterocycles. The molecule has 0 saturated carbocycles. The fraction of sp³-hybridized carbons (Fsp3) is 0.333. The van der Waals surface area contributed by atoms with Gasteiger partial charge in [-0.2, -0.15) is 18.3 Å². The van der Waals surface area contributed by atoms with Gasteiger partial charge in [0.2, 0.25) is 0 Å². The highest BCUT2D eigenvalue weighted by Crippen LogP contribution is 2.32. The molecular formula is C27H25F3N4O5. The minimum absolute atomic E-state index is 0.154. The van der Waals surface area contributed by atoms with Gasteiger partial charge in [0, 0.05) is 42.2 Å². The molecule has 1 aliphatic heterocycles. The summed E-state index contributed by atoms with van der Waals surface area (Å²) in [5.74, 6) is 1.03. The maximum Gasteiger partial charge on any atom is 0.435 e. The van der Waals surface area contributed by atoms with E-state index < -0.39 is 17.5 Å². The van der Waals surface area contributed by atoms with E-state index in [2.05, 4.69) is 10.2 Å². The summed E-state index contributed by atoms with van der Waals surface area (Å²) in [6.45, 7) is 6.16. The van der Waals surface area contributed by atoms with Crippen molar-refractivity contribution in [2.24, 2.45) is 0 Å². The lowest BCUT2D eigenvalue weighted by Gasteiger charge is -2.29. The average molecular weight is 543 g/mol. The van der Waals surface area contributed by atoms with E-state index in [4.69, 9.17) is 13.9 Å². The Morgan fingerprint density at radius 1 is 1.08 bits per heavy atom. The van der Waals surface area contributed by atoms with Crippen LogP contribution in [0.15, 0.2) is 57.9 Å². The van der Waals surface area contributed by atoms with Gasteiger partial charge in [-0.3, -0.25) is 9.36 Å². The molecule has 39 heavy (non-hydrogen) atoms. The fourth-order valence-electron chi connectivity index (χ4n) is 4.21. The van der Waals surface area contributed by atoms with E-state index in [0.717, 1.165) is 22.8 Å². The number of nitrogens with zero attached hydrogens (tertiary/aromatic N) is 4. The number of benzene rings is 1. The van der Waals surface area contributed by atoms with Gasteiger partial charge in [-0.1, -0.05) is 0 Å². The number of rotatable bonds is 4. The Morgan fingerprint density at radius 3 is 2.54 bits per heavy atom. The highest BCUT2D eigenvalue weighted by molar-refractivity contribution is 5.85. The van der Waals surface area contributed by atoms with E-state index in [0.29, 0.717) is 30.8 Å². The lowest BCUT2D eigenvalue weighted by atomic mass is 10.0. The van der Waals surface area contributed by atoms with Crippen LogP contribution in [0.3, 0.4) is 0 Å². The third-order valence-corrected chi connectivity index (χ3v) is 6.04. The molecule has 5 rings (SSSR count). The van der Waals surface area contributed by atoms with Gasteiger partial charge in [-0.25, -0.2) is 4.79 Å². The molecule has 1 amide bonds. The normalized spacial score (nSPS) is 13.8. The van der Waals surface area contributed by atoms with Crippen molar-refractivity contribution in [2.75, 3.05) is 6.54 Å². The Labute approximate surface area is 220 Å². The summed E-state index contributed by atoms with van der Waals surface area (Å²) < 4.78 is 56.4. The predicted octanol–water partition coefficient (Wildman–Crippen LogP) is 5.26. The quantitative estimate of drug-likeness (QED) is 0.347. The minimum atomic E-state index is -4.57. The van der Waals surface area contributed by atoms with Gasteiger partial charge in [-0.05, 0) is 51.1 Å². The van der Waals surface area contributed by atoms with Gasteiger partial charge in [0.05, 0.1) is 12.2 Å². The Kier molecular flexibility index (Phi) is 6.57. The van der Waals surface area contributed by atoms with E-state index in [1.165, 1.54) is 22.9 Å². The Morgan fingerprint density at radius 2 is 1.87 bits per heavy atom. The topological polar surface area (TPSA) is 99.7 Å². The number of hydrogen-bond acceptors (Lipinski definition) is 7. The van der Waals surface area contributed by atoms with Crippen LogP contribution in [-0.4, -0.2) is 37.9 Å². The van der Waals surface area contributed by atoms with Crippen molar-refractivity contribution in [1.29, 1.82) is 0 Å². The van der Waals surface area contributed by atoms with Crippen molar-refractivity contribution in [1.82, 2.24) is 19.7 Å². The number of ether oxygens (including phenoxy) is 2. The summed E-state index contributed by atoms with van der Waals surface area (Å²) in [4.78, 5) is 27.0. The number of pyridine rings is 1. The van der Waals surface area contributed by atoms with Crippen LogP contribution in [0.25, 0.3) is 16.7 Å². The maximum absolute atomic E-state index is 12.8. The number of alkyl halides is 3. The lowest BCUT2D eigenvalue weighted by Crippen LogP contribution is -2.39. The number of aromatic nitrogens is 3. The molecule has 0 atom stereocenters. The Hall–Kier alpha value is -4.35. The largest absolute Gasteiger partial charge is 0.487 e. The number of furan rings is 1. The summed E-state index contributed by atoms with van der Waals surface area (Å²) >= 11 is 0. The van der Waals surface area contributed by atoms with Crippen LogP contribution in [0.2, 0.25) is 0 Å². The van der Waals surface area contributed by atoms with Crippen molar-refractivity contribution in [3.05, 3.63) is 81.7 Å². The number of hydrogen-bond donors (Lipinski definition) is 0. The minimum Gasteiger partial charge on any atom is -0.487 e. The molecule has 12 heteroatoms. The van der Waals surface area contributed by atoms with Crippen LogP contribution < -0.4 is 10.3 Å². The first-order chi connectivity index (χ1) is 18.4. The molecule has 4 aromatic rings. The van der Waals surface area contributed by atoms with Crippen LogP contribution in [0, 0.1) is 0 Å². The molecule has 0 N–H and O–H groups in total. The van der Waals surface area contributed by atoms with Crippen LogP contribution >= 0.6 is 0 Å². The van der Waals surface area contributed by atoms with Gasteiger partial charge < -0.3 is 18.8 Å². The van der Waals surface area contributed by atoms with E-state index in [1.54, 1.807) is 23.1 Å². The molecule has 0 aliphatic carbocycles. The molecular weight excluding hydrogens is 517 g/mol. The second-order valence-electron chi connectivity index (χ2n) is 10.1. The van der Waals surface area contributed by atoms with Gasteiger partial charge in [0.15, 0.2) is 5.69 Å². The summed E-state index contributed by atoms with van der Waals surface area (Å²) in [5, 5.41) is 7.52. The average Bonchev–Trinajstić information content (AvgIpc) is 3.23. The molecule has 1 aliphatic rings. The molecule has 0 unspecified atom stereocenters. The smallest absolute Gasteiger partial charge is 0.435 e. The standard InChI is InChI=1S/C27H25F3N4O5/c1-26(2,3)39-25(36)33-10-9-21-20(14-33)19-6-5-17(12-22(19)38-21)34-11-8-18(13-24(34)35)37-15-16-4-7-23(32-31-16)27(28,29)30/h4-8,11-13H,9-10,14-15H2,1-3H3.